The SMILES string of the molecule is Cc1ccnc(NCCCc2ncn[nH]2)c1N. The Bertz CT molecular complexity index is 465. The summed E-state index contributed by atoms with van der Waals surface area (Å²) in [6, 6.07) is 1.90. The topological polar surface area (TPSA) is 92.5 Å². The normalized spacial score (nSPS) is 10.4. The summed E-state index contributed by atoms with van der Waals surface area (Å²) in [6.45, 7) is 2.78. The fourth-order valence-electron chi connectivity index (χ4n) is 1.52. The van der Waals surface area contributed by atoms with Gasteiger partial charge in [-0.2, -0.15) is 5.10 Å². The van der Waals surface area contributed by atoms with Gasteiger partial charge in [-0.15, -0.1) is 0 Å². The number of pyridine rings is 1. The first-order chi connectivity index (χ1) is 8.27. The molecule has 2 aromatic rings. The number of nitrogen functional groups attached to an aromatic ring is 1. The van der Waals surface area contributed by atoms with Gasteiger partial charge in [-0.25, -0.2) is 9.97 Å². The van der Waals surface area contributed by atoms with Crippen LogP contribution in [-0.2, 0) is 6.42 Å². The Kier molecular flexibility index (Phi) is 3.54. The second-order valence-electron chi connectivity index (χ2n) is 3.85. The van der Waals surface area contributed by atoms with Crippen LogP contribution in [0.5, 0.6) is 0 Å². The second-order valence-corrected chi connectivity index (χ2v) is 3.85. The van der Waals surface area contributed by atoms with Gasteiger partial charge in [0.05, 0.1) is 5.69 Å². The van der Waals surface area contributed by atoms with E-state index in [1.54, 1.807) is 6.20 Å². The molecule has 0 saturated heterocycles. The molecule has 2 rings (SSSR count). The molecule has 0 spiro atoms. The van der Waals surface area contributed by atoms with Crippen LogP contribution in [0.4, 0.5) is 11.5 Å². The van der Waals surface area contributed by atoms with Crippen LogP contribution in [-0.4, -0.2) is 26.7 Å². The van der Waals surface area contributed by atoms with Gasteiger partial charge >= 0.3 is 0 Å². The summed E-state index contributed by atoms with van der Waals surface area (Å²) in [6.07, 6.45) is 5.08. The standard InChI is InChI=1S/C11H16N6/c1-8-4-6-14-11(10(8)12)13-5-2-3-9-15-7-16-17-9/h4,6-7H,2-3,5,12H2,1H3,(H,13,14)(H,15,16,17). The Hall–Kier alpha value is -2.11. The Balaban J connectivity index is 1.80. The molecule has 17 heavy (non-hydrogen) atoms. The van der Waals surface area contributed by atoms with Gasteiger partial charge in [0, 0.05) is 19.2 Å². The highest BCUT2D eigenvalue weighted by Gasteiger charge is 2.02. The minimum atomic E-state index is 0.715. The number of hydrogen-bond acceptors (Lipinski definition) is 5. The quantitative estimate of drug-likeness (QED) is 0.672. The van der Waals surface area contributed by atoms with Crippen LogP contribution in [0.3, 0.4) is 0 Å². The Morgan fingerprint density at radius 3 is 3.06 bits per heavy atom. The maximum absolute atomic E-state index is 5.91. The van der Waals surface area contributed by atoms with Crippen molar-refractivity contribution in [3.8, 4) is 0 Å². The number of anilines is 2. The molecule has 0 aliphatic rings. The van der Waals surface area contributed by atoms with E-state index in [4.69, 9.17) is 5.73 Å². The lowest BCUT2D eigenvalue weighted by Crippen LogP contribution is -2.08. The van der Waals surface area contributed by atoms with Gasteiger partial charge in [-0.1, -0.05) is 0 Å². The molecule has 2 aromatic heterocycles. The third-order valence-electron chi connectivity index (χ3n) is 2.56. The number of nitrogens with one attached hydrogen (secondary N) is 2. The summed E-state index contributed by atoms with van der Waals surface area (Å²) in [5.74, 6) is 1.65. The average Bonchev–Trinajstić information content (AvgIpc) is 2.83. The van der Waals surface area contributed by atoms with Crippen molar-refractivity contribution in [1.82, 2.24) is 20.2 Å². The van der Waals surface area contributed by atoms with Crippen molar-refractivity contribution in [1.29, 1.82) is 0 Å². The maximum Gasteiger partial charge on any atom is 0.149 e. The zero-order valence-corrected chi connectivity index (χ0v) is 9.77. The molecule has 6 nitrogen and oxygen atoms in total. The summed E-state index contributed by atoms with van der Waals surface area (Å²) >= 11 is 0. The summed E-state index contributed by atoms with van der Waals surface area (Å²) < 4.78 is 0. The molecule has 0 bridgehead atoms. The van der Waals surface area contributed by atoms with Crippen molar-refractivity contribution >= 4 is 11.5 Å². The lowest BCUT2D eigenvalue weighted by Gasteiger charge is -2.09. The molecule has 0 aromatic carbocycles. The maximum atomic E-state index is 5.91. The van der Waals surface area contributed by atoms with E-state index in [1.807, 2.05) is 13.0 Å². The molecule has 0 atom stereocenters. The predicted octanol–water partition coefficient (Wildman–Crippen LogP) is 1.14. The molecule has 0 aliphatic heterocycles. The first-order valence-electron chi connectivity index (χ1n) is 5.56. The molecule has 0 aliphatic carbocycles. The van der Waals surface area contributed by atoms with Crippen molar-refractivity contribution < 1.29 is 0 Å². The van der Waals surface area contributed by atoms with Crippen LogP contribution in [0.25, 0.3) is 0 Å². The molecular weight excluding hydrogens is 216 g/mol. The molecule has 0 fully saturated rings. The lowest BCUT2D eigenvalue weighted by atomic mass is 10.2. The molecule has 0 unspecified atom stereocenters. The molecular formula is C11H16N6. The second kappa shape index (κ2) is 5.29. The Morgan fingerprint density at radius 1 is 1.41 bits per heavy atom. The smallest absolute Gasteiger partial charge is 0.149 e. The van der Waals surface area contributed by atoms with E-state index in [2.05, 4.69) is 25.5 Å². The number of aryl methyl sites for hydroxylation is 2. The minimum absolute atomic E-state index is 0.715. The van der Waals surface area contributed by atoms with E-state index >= 15 is 0 Å². The molecule has 2 heterocycles. The first kappa shape index (κ1) is 11.4. The van der Waals surface area contributed by atoms with E-state index in [9.17, 15) is 0 Å². The third-order valence-corrected chi connectivity index (χ3v) is 2.56. The number of nitrogens with zero attached hydrogens (tertiary/aromatic N) is 3. The average molecular weight is 232 g/mol. The van der Waals surface area contributed by atoms with Gasteiger partial charge < -0.3 is 11.1 Å². The largest absolute Gasteiger partial charge is 0.396 e. The van der Waals surface area contributed by atoms with E-state index in [1.165, 1.54) is 6.33 Å². The summed E-state index contributed by atoms with van der Waals surface area (Å²) in [5, 5.41) is 9.84. The highest BCUT2D eigenvalue weighted by atomic mass is 15.2. The molecule has 6 heteroatoms. The van der Waals surface area contributed by atoms with E-state index in [0.717, 1.165) is 36.6 Å². The van der Waals surface area contributed by atoms with Crippen LogP contribution >= 0.6 is 0 Å². The fourth-order valence-corrected chi connectivity index (χ4v) is 1.52. The number of nitrogens with two attached hydrogens (primary N) is 1. The predicted molar refractivity (Wildman–Crippen MR) is 66.6 cm³/mol. The molecule has 0 radical (unpaired) electrons. The number of aromatic amines is 1. The van der Waals surface area contributed by atoms with Gasteiger partial charge in [0.1, 0.15) is 18.0 Å². The number of aromatic nitrogens is 4. The van der Waals surface area contributed by atoms with Crippen molar-refractivity contribution in [2.24, 2.45) is 0 Å². The van der Waals surface area contributed by atoms with Gasteiger partial charge in [0.25, 0.3) is 0 Å². The Labute approximate surface area is 99.7 Å². The summed E-state index contributed by atoms with van der Waals surface area (Å²) in [4.78, 5) is 8.26. The molecule has 0 saturated carbocycles. The van der Waals surface area contributed by atoms with Gasteiger partial charge in [0.2, 0.25) is 0 Å². The minimum Gasteiger partial charge on any atom is -0.396 e. The van der Waals surface area contributed by atoms with Gasteiger partial charge in [-0.3, -0.25) is 5.10 Å². The zero-order chi connectivity index (χ0) is 12.1. The van der Waals surface area contributed by atoms with Crippen molar-refractivity contribution in [3.05, 3.63) is 30.0 Å². The summed E-state index contributed by atoms with van der Waals surface area (Å²) in [7, 11) is 0. The summed E-state index contributed by atoms with van der Waals surface area (Å²) in [5.41, 5.74) is 7.66. The van der Waals surface area contributed by atoms with E-state index in [-0.39, 0.29) is 0 Å². The van der Waals surface area contributed by atoms with Crippen LogP contribution in [0.15, 0.2) is 18.6 Å². The fraction of sp³-hybridized carbons (Fsp3) is 0.364. The third kappa shape index (κ3) is 2.93. The molecule has 90 valence electrons. The molecule has 0 amide bonds. The zero-order valence-electron chi connectivity index (χ0n) is 9.77. The molecule has 4 N–H and O–H groups in total. The Morgan fingerprint density at radius 2 is 2.29 bits per heavy atom. The number of H-pyrrole nitrogens is 1. The number of hydrogen-bond donors (Lipinski definition) is 3. The van der Waals surface area contributed by atoms with Crippen LogP contribution in [0.1, 0.15) is 17.8 Å². The van der Waals surface area contributed by atoms with Crippen LogP contribution in [0, 0.1) is 6.92 Å². The first-order valence-corrected chi connectivity index (χ1v) is 5.56. The van der Waals surface area contributed by atoms with Crippen molar-refractivity contribution in [3.63, 3.8) is 0 Å². The van der Waals surface area contributed by atoms with E-state index < -0.39 is 0 Å². The van der Waals surface area contributed by atoms with Crippen LogP contribution < -0.4 is 11.1 Å². The monoisotopic (exact) mass is 232 g/mol. The van der Waals surface area contributed by atoms with Gasteiger partial charge in [0.15, 0.2) is 0 Å². The lowest BCUT2D eigenvalue weighted by molar-refractivity contribution is 0.804. The van der Waals surface area contributed by atoms with Gasteiger partial charge in [-0.05, 0) is 25.0 Å². The number of rotatable bonds is 5. The highest BCUT2D eigenvalue weighted by Crippen LogP contribution is 2.18. The highest BCUT2D eigenvalue weighted by molar-refractivity contribution is 5.64. The van der Waals surface area contributed by atoms with Crippen LogP contribution in [0.2, 0.25) is 0 Å². The van der Waals surface area contributed by atoms with E-state index in [0.29, 0.717) is 5.69 Å². The van der Waals surface area contributed by atoms with Crippen molar-refractivity contribution in [2.45, 2.75) is 19.8 Å². The van der Waals surface area contributed by atoms with Crippen molar-refractivity contribution in [2.75, 3.05) is 17.6 Å².